The minimum Gasteiger partial charge on any atom is -0.496 e. The number of aromatic nitrogens is 1. The van der Waals surface area contributed by atoms with Crippen molar-refractivity contribution in [2.75, 3.05) is 12.4 Å². The quantitative estimate of drug-likeness (QED) is 0.513. The van der Waals surface area contributed by atoms with Crippen molar-refractivity contribution in [3.05, 3.63) is 81.1 Å². The molecular weight excluding hydrogens is 370 g/mol. The van der Waals surface area contributed by atoms with Crippen LogP contribution in [-0.4, -0.2) is 22.5 Å². The highest BCUT2D eigenvalue weighted by Crippen LogP contribution is 2.31. The van der Waals surface area contributed by atoms with Gasteiger partial charge in [0.05, 0.1) is 34.0 Å². The van der Waals surface area contributed by atoms with Gasteiger partial charge in [0.25, 0.3) is 11.6 Å². The number of benzene rings is 2. The van der Waals surface area contributed by atoms with Gasteiger partial charge in [-0.05, 0) is 30.7 Å². The Balaban J connectivity index is 1.97. The van der Waals surface area contributed by atoms with Gasteiger partial charge in [-0.2, -0.15) is 0 Å². The summed E-state index contributed by atoms with van der Waals surface area (Å²) in [5, 5.41) is 14.0. The molecule has 1 N–H and O–H groups in total. The van der Waals surface area contributed by atoms with Gasteiger partial charge in [0, 0.05) is 30.6 Å². The number of methoxy groups -OCH3 is 1. The first-order valence-corrected chi connectivity index (χ1v) is 8.35. The molecule has 8 heteroatoms. The lowest BCUT2D eigenvalue weighted by Crippen LogP contribution is -2.14. The number of rotatable bonds is 5. The summed E-state index contributed by atoms with van der Waals surface area (Å²) in [5.74, 6) is -0.139. The van der Waals surface area contributed by atoms with Gasteiger partial charge in [-0.1, -0.05) is 17.7 Å². The number of hydrogen-bond donors (Lipinski definition) is 1. The number of aryl methyl sites for hydroxylation is 1. The van der Waals surface area contributed by atoms with Gasteiger partial charge in [-0.25, -0.2) is 0 Å². The van der Waals surface area contributed by atoms with Gasteiger partial charge in [0.2, 0.25) is 0 Å². The van der Waals surface area contributed by atoms with E-state index in [9.17, 15) is 14.9 Å². The van der Waals surface area contributed by atoms with Crippen molar-refractivity contribution in [3.8, 4) is 11.4 Å². The molecule has 3 aromatic rings. The van der Waals surface area contributed by atoms with E-state index in [1.165, 1.54) is 25.3 Å². The van der Waals surface area contributed by atoms with E-state index < -0.39 is 10.8 Å². The van der Waals surface area contributed by atoms with Crippen LogP contribution < -0.4 is 10.1 Å². The third-order valence-electron chi connectivity index (χ3n) is 4.08. The molecule has 27 heavy (non-hydrogen) atoms. The van der Waals surface area contributed by atoms with Crippen LogP contribution in [0.1, 0.15) is 15.9 Å². The molecule has 1 amide bonds. The summed E-state index contributed by atoms with van der Waals surface area (Å²) in [5.41, 5.74) is 1.83. The number of nitro groups is 1. The van der Waals surface area contributed by atoms with Crippen LogP contribution in [0.15, 0.2) is 54.9 Å². The van der Waals surface area contributed by atoms with Crippen molar-refractivity contribution >= 4 is 28.9 Å². The van der Waals surface area contributed by atoms with Gasteiger partial charge in [-0.3, -0.25) is 14.9 Å². The van der Waals surface area contributed by atoms with Crippen LogP contribution in [0, 0.1) is 17.0 Å². The second-order valence-corrected chi connectivity index (χ2v) is 6.21. The Bertz CT molecular complexity index is 1020. The lowest BCUT2D eigenvalue weighted by Gasteiger charge is -2.14. The normalized spacial score (nSPS) is 10.5. The maximum Gasteiger partial charge on any atom is 0.271 e. The molecule has 0 atom stereocenters. The van der Waals surface area contributed by atoms with Crippen LogP contribution in [0.4, 0.5) is 11.4 Å². The Morgan fingerprint density at radius 2 is 1.93 bits per heavy atom. The molecule has 0 saturated heterocycles. The number of hydrogen-bond acceptors (Lipinski definition) is 4. The number of nitrogens with zero attached hydrogens (tertiary/aromatic N) is 2. The molecule has 0 radical (unpaired) electrons. The van der Waals surface area contributed by atoms with Crippen molar-refractivity contribution in [2.24, 2.45) is 0 Å². The maximum atomic E-state index is 12.8. The van der Waals surface area contributed by atoms with E-state index in [0.29, 0.717) is 27.7 Å². The number of amides is 1. The topological polar surface area (TPSA) is 86.4 Å². The molecule has 0 aliphatic carbocycles. The fourth-order valence-electron chi connectivity index (χ4n) is 2.63. The summed E-state index contributed by atoms with van der Waals surface area (Å²) < 4.78 is 7.15. The highest BCUT2D eigenvalue weighted by molar-refractivity contribution is 6.33. The molecule has 3 rings (SSSR count). The van der Waals surface area contributed by atoms with Gasteiger partial charge < -0.3 is 14.6 Å². The van der Waals surface area contributed by atoms with Crippen molar-refractivity contribution < 1.29 is 14.5 Å². The average molecular weight is 386 g/mol. The lowest BCUT2D eigenvalue weighted by atomic mass is 10.1. The molecular formula is C19H16ClN3O4. The van der Waals surface area contributed by atoms with E-state index in [1.807, 2.05) is 24.5 Å². The predicted octanol–water partition coefficient (Wildman–Crippen LogP) is 4.61. The molecule has 2 aromatic carbocycles. The second kappa shape index (κ2) is 7.51. The molecule has 0 saturated carbocycles. The zero-order chi connectivity index (χ0) is 19.6. The van der Waals surface area contributed by atoms with Crippen molar-refractivity contribution in [3.63, 3.8) is 0 Å². The number of anilines is 1. The van der Waals surface area contributed by atoms with E-state index >= 15 is 0 Å². The SMILES string of the molecule is COc1cc(-n2cccc2)c(Cl)cc1C(=O)Nc1cc([N+](=O)[O-])ccc1C. The molecule has 0 aliphatic rings. The van der Waals surface area contributed by atoms with Gasteiger partial charge in [-0.15, -0.1) is 0 Å². The van der Waals surface area contributed by atoms with E-state index in [2.05, 4.69) is 5.32 Å². The number of carbonyl (C=O) groups is 1. The fourth-order valence-corrected chi connectivity index (χ4v) is 2.89. The van der Waals surface area contributed by atoms with Crippen LogP contribution >= 0.6 is 11.6 Å². The Morgan fingerprint density at radius 1 is 1.22 bits per heavy atom. The number of nitro benzene ring substituents is 1. The predicted molar refractivity (Wildman–Crippen MR) is 103 cm³/mol. The summed E-state index contributed by atoms with van der Waals surface area (Å²) in [6.07, 6.45) is 3.65. The Morgan fingerprint density at radius 3 is 2.56 bits per heavy atom. The molecule has 1 aromatic heterocycles. The summed E-state index contributed by atoms with van der Waals surface area (Å²) in [6, 6.07) is 11.2. The summed E-state index contributed by atoms with van der Waals surface area (Å²) >= 11 is 6.35. The smallest absolute Gasteiger partial charge is 0.271 e. The van der Waals surface area contributed by atoms with Gasteiger partial charge in [0.15, 0.2) is 0 Å². The average Bonchev–Trinajstić information content (AvgIpc) is 3.17. The van der Waals surface area contributed by atoms with E-state index in [4.69, 9.17) is 16.3 Å². The Labute approximate surface area is 160 Å². The molecule has 7 nitrogen and oxygen atoms in total. The molecule has 0 aliphatic heterocycles. The largest absolute Gasteiger partial charge is 0.496 e. The lowest BCUT2D eigenvalue weighted by molar-refractivity contribution is -0.384. The monoisotopic (exact) mass is 385 g/mol. The highest BCUT2D eigenvalue weighted by Gasteiger charge is 2.18. The summed E-state index contributed by atoms with van der Waals surface area (Å²) in [4.78, 5) is 23.2. The van der Waals surface area contributed by atoms with Crippen LogP contribution in [-0.2, 0) is 0 Å². The number of nitrogens with one attached hydrogen (secondary N) is 1. The van der Waals surface area contributed by atoms with Crippen LogP contribution in [0.3, 0.4) is 0 Å². The van der Waals surface area contributed by atoms with Gasteiger partial charge in [0.1, 0.15) is 5.75 Å². The number of carbonyl (C=O) groups excluding carboxylic acids is 1. The molecule has 138 valence electrons. The third kappa shape index (κ3) is 3.78. The third-order valence-corrected chi connectivity index (χ3v) is 4.38. The molecule has 0 bridgehead atoms. The first-order valence-electron chi connectivity index (χ1n) is 7.98. The molecule has 0 unspecified atom stereocenters. The Kier molecular flexibility index (Phi) is 5.14. The highest BCUT2D eigenvalue weighted by atomic mass is 35.5. The van der Waals surface area contributed by atoms with E-state index in [1.54, 1.807) is 23.6 Å². The van der Waals surface area contributed by atoms with Crippen LogP contribution in [0.2, 0.25) is 5.02 Å². The van der Waals surface area contributed by atoms with Crippen LogP contribution in [0.25, 0.3) is 5.69 Å². The number of halogens is 1. The van der Waals surface area contributed by atoms with Gasteiger partial charge >= 0.3 is 0 Å². The number of non-ortho nitro benzene ring substituents is 1. The number of ether oxygens (including phenoxy) is 1. The first-order chi connectivity index (χ1) is 12.9. The zero-order valence-electron chi connectivity index (χ0n) is 14.6. The second-order valence-electron chi connectivity index (χ2n) is 5.80. The van der Waals surface area contributed by atoms with Crippen LogP contribution in [0.5, 0.6) is 5.75 Å². The minimum atomic E-state index is -0.515. The minimum absolute atomic E-state index is 0.108. The summed E-state index contributed by atoms with van der Waals surface area (Å²) in [6.45, 7) is 1.75. The molecule has 0 fully saturated rings. The Hall–Kier alpha value is -3.32. The van der Waals surface area contributed by atoms with E-state index in [0.717, 1.165) is 0 Å². The first kappa shape index (κ1) is 18.5. The standard InChI is InChI=1S/C19H16ClN3O4/c1-12-5-6-13(23(25)26)9-16(12)21-19(24)14-10-15(20)17(11-18(14)27-2)22-7-3-4-8-22/h3-11H,1-2H3,(H,21,24). The molecule has 0 spiro atoms. The molecule has 1 heterocycles. The maximum absolute atomic E-state index is 12.8. The zero-order valence-corrected chi connectivity index (χ0v) is 15.4. The fraction of sp³-hybridized carbons (Fsp3) is 0.105. The van der Waals surface area contributed by atoms with E-state index in [-0.39, 0.29) is 11.3 Å². The summed E-state index contributed by atoms with van der Waals surface area (Å²) in [7, 11) is 1.46. The van der Waals surface area contributed by atoms with Crippen molar-refractivity contribution in [1.29, 1.82) is 0 Å². The van der Waals surface area contributed by atoms with Crippen molar-refractivity contribution in [2.45, 2.75) is 6.92 Å². The van der Waals surface area contributed by atoms with Crippen molar-refractivity contribution in [1.82, 2.24) is 4.57 Å².